The summed E-state index contributed by atoms with van der Waals surface area (Å²) in [7, 11) is 6.70. The third-order valence-corrected chi connectivity index (χ3v) is 6.84. The Hall–Kier alpha value is -1.95. The number of benzene rings is 1. The molecule has 0 radical (unpaired) electrons. The molecule has 1 aromatic carbocycles. The van der Waals surface area contributed by atoms with Gasteiger partial charge in [-0.3, -0.25) is 4.79 Å². The van der Waals surface area contributed by atoms with E-state index in [9.17, 15) is 4.79 Å². The van der Waals surface area contributed by atoms with E-state index >= 15 is 0 Å². The molecule has 2 aliphatic rings. The lowest BCUT2D eigenvalue weighted by molar-refractivity contribution is -0.184. The topological polar surface area (TPSA) is 57.2 Å². The predicted octanol–water partition coefficient (Wildman–Crippen LogP) is 3.84. The predicted molar refractivity (Wildman–Crippen MR) is 112 cm³/mol. The molecular formula is C23H35NO5. The Balaban J connectivity index is 1.75. The van der Waals surface area contributed by atoms with E-state index in [4.69, 9.17) is 18.9 Å². The van der Waals surface area contributed by atoms with Gasteiger partial charge in [-0.2, -0.15) is 0 Å². The van der Waals surface area contributed by atoms with Gasteiger partial charge in [0.15, 0.2) is 11.5 Å². The fourth-order valence-electron chi connectivity index (χ4n) is 5.28. The highest BCUT2D eigenvalue weighted by Crippen LogP contribution is 2.55. The standard InChI is InChI=1S/C23H35NO5/c1-6-29-20-15-19(23(20)10-8-7-9-11-23)24(2)21(25)14-16-12-17(26-3)22(28-5)18(13-16)27-4/h12-13,19-20H,6-11,14-15H2,1-5H3/t19-,20-/m0/s1. The number of hydrogen-bond donors (Lipinski definition) is 0. The molecule has 2 saturated carbocycles. The number of rotatable bonds is 8. The number of carbonyl (C=O) groups is 1. The van der Waals surface area contributed by atoms with Crippen molar-refractivity contribution in [1.29, 1.82) is 0 Å². The second-order valence-corrected chi connectivity index (χ2v) is 8.20. The fourth-order valence-corrected chi connectivity index (χ4v) is 5.28. The highest BCUT2D eigenvalue weighted by Gasteiger charge is 2.57. The minimum atomic E-state index is 0.115. The average Bonchev–Trinajstić information content (AvgIpc) is 2.75. The summed E-state index contributed by atoms with van der Waals surface area (Å²) in [6.07, 6.45) is 7.59. The Bertz CT molecular complexity index is 688. The van der Waals surface area contributed by atoms with Gasteiger partial charge in [0.25, 0.3) is 0 Å². The molecule has 2 atom stereocenters. The number of methoxy groups -OCH3 is 3. The largest absolute Gasteiger partial charge is 0.493 e. The van der Waals surface area contributed by atoms with Gasteiger partial charge in [-0.1, -0.05) is 19.3 Å². The van der Waals surface area contributed by atoms with Gasteiger partial charge in [0.2, 0.25) is 11.7 Å². The van der Waals surface area contributed by atoms with Crippen LogP contribution >= 0.6 is 0 Å². The van der Waals surface area contributed by atoms with E-state index in [1.165, 1.54) is 19.3 Å². The Morgan fingerprint density at radius 2 is 1.69 bits per heavy atom. The summed E-state index contributed by atoms with van der Waals surface area (Å²) in [5.74, 6) is 1.80. The molecule has 0 bridgehead atoms. The Labute approximate surface area is 174 Å². The first-order chi connectivity index (χ1) is 14.0. The molecule has 2 aliphatic carbocycles. The first-order valence-electron chi connectivity index (χ1n) is 10.7. The van der Waals surface area contributed by atoms with Crippen molar-refractivity contribution >= 4 is 5.91 Å². The minimum absolute atomic E-state index is 0.115. The third kappa shape index (κ3) is 4.04. The number of hydrogen-bond acceptors (Lipinski definition) is 5. The van der Waals surface area contributed by atoms with Gasteiger partial charge in [0.05, 0.1) is 33.9 Å². The third-order valence-electron chi connectivity index (χ3n) is 6.84. The number of carbonyl (C=O) groups excluding carboxylic acids is 1. The number of amides is 1. The summed E-state index contributed by atoms with van der Waals surface area (Å²) in [6, 6.07) is 3.97. The zero-order chi connectivity index (χ0) is 21.0. The quantitative estimate of drug-likeness (QED) is 0.658. The molecule has 1 amide bonds. The van der Waals surface area contributed by atoms with Crippen molar-refractivity contribution in [3.05, 3.63) is 17.7 Å². The minimum Gasteiger partial charge on any atom is -0.493 e. The van der Waals surface area contributed by atoms with Crippen LogP contribution in [0.1, 0.15) is 51.0 Å². The molecule has 0 aromatic heterocycles. The molecule has 6 nitrogen and oxygen atoms in total. The van der Waals surface area contributed by atoms with E-state index in [1.807, 2.05) is 24.1 Å². The van der Waals surface area contributed by atoms with Crippen LogP contribution in [0.4, 0.5) is 0 Å². The summed E-state index contributed by atoms with van der Waals surface area (Å²) in [5, 5.41) is 0. The van der Waals surface area contributed by atoms with Crippen LogP contribution in [-0.4, -0.2) is 57.9 Å². The number of ether oxygens (including phenoxy) is 4. The van der Waals surface area contributed by atoms with Crippen LogP contribution in [0.25, 0.3) is 0 Å². The molecule has 1 aromatic rings. The van der Waals surface area contributed by atoms with Crippen molar-refractivity contribution in [2.75, 3.05) is 35.0 Å². The lowest BCUT2D eigenvalue weighted by atomic mass is 9.54. The molecule has 0 N–H and O–H groups in total. The highest BCUT2D eigenvalue weighted by molar-refractivity contribution is 5.79. The maximum Gasteiger partial charge on any atom is 0.227 e. The molecule has 2 fully saturated rings. The molecule has 0 aliphatic heterocycles. The van der Waals surface area contributed by atoms with E-state index in [-0.39, 0.29) is 23.5 Å². The van der Waals surface area contributed by atoms with E-state index < -0.39 is 0 Å². The Morgan fingerprint density at radius 1 is 1.07 bits per heavy atom. The van der Waals surface area contributed by atoms with Crippen molar-refractivity contribution in [3.63, 3.8) is 0 Å². The van der Waals surface area contributed by atoms with Crippen molar-refractivity contribution in [2.24, 2.45) is 5.41 Å². The van der Waals surface area contributed by atoms with Crippen molar-refractivity contribution < 1.29 is 23.7 Å². The van der Waals surface area contributed by atoms with Crippen molar-refractivity contribution in [1.82, 2.24) is 4.90 Å². The smallest absolute Gasteiger partial charge is 0.227 e. The van der Waals surface area contributed by atoms with Crippen LogP contribution in [-0.2, 0) is 16.0 Å². The first-order valence-corrected chi connectivity index (χ1v) is 10.7. The monoisotopic (exact) mass is 405 g/mol. The Kier molecular flexibility index (Phi) is 6.93. The molecule has 6 heteroatoms. The molecule has 3 rings (SSSR count). The van der Waals surface area contributed by atoms with Crippen molar-refractivity contribution in [3.8, 4) is 17.2 Å². The van der Waals surface area contributed by atoms with Gasteiger partial charge in [0.1, 0.15) is 0 Å². The molecule has 0 unspecified atom stereocenters. The van der Waals surface area contributed by atoms with Gasteiger partial charge in [-0.25, -0.2) is 0 Å². The maximum atomic E-state index is 13.2. The number of nitrogens with zero attached hydrogens (tertiary/aromatic N) is 1. The van der Waals surface area contributed by atoms with Crippen LogP contribution in [0.15, 0.2) is 12.1 Å². The highest BCUT2D eigenvalue weighted by atomic mass is 16.5. The van der Waals surface area contributed by atoms with Crippen LogP contribution in [0.5, 0.6) is 17.2 Å². The van der Waals surface area contributed by atoms with E-state index in [1.54, 1.807) is 21.3 Å². The first kappa shape index (κ1) is 21.8. The van der Waals surface area contributed by atoms with Gasteiger partial charge >= 0.3 is 0 Å². The molecule has 0 heterocycles. The molecule has 1 spiro atoms. The molecular weight excluding hydrogens is 370 g/mol. The second-order valence-electron chi connectivity index (χ2n) is 8.20. The van der Waals surface area contributed by atoms with Crippen LogP contribution in [0.2, 0.25) is 0 Å². The maximum absolute atomic E-state index is 13.2. The number of likely N-dealkylation sites (N-methyl/N-ethyl adjacent to an activating group) is 1. The summed E-state index contributed by atoms with van der Waals surface area (Å²) in [5.41, 5.74) is 0.989. The zero-order valence-electron chi connectivity index (χ0n) is 18.5. The second kappa shape index (κ2) is 9.24. The van der Waals surface area contributed by atoms with E-state index in [0.29, 0.717) is 23.7 Å². The van der Waals surface area contributed by atoms with Crippen LogP contribution in [0, 0.1) is 5.41 Å². The summed E-state index contributed by atoms with van der Waals surface area (Å²) >= 11 is 0. The van der Waals surface area contributed by atoms with Gasteiger partial charge < -0.3 is 23.8 Å². The Morgan fingerprint density at radius 3 is 2.21 bits per heavy atom. The van der Waals surface area contributed by atoms with Crippen LogP contribution in [0.3, 0.4) is 0 Å². The summed E-state index contributed by atoms with van der Waals surface area (Å²) < 4.78 is 22.3. The van der Waals surface area contributed by atoms with Crippen molar-refractivity contribution in [2.45, 2.75) is 64.0 Å². The van der Waals surface area contributed by atoms with Gasteiger partial charge in [0, 0.05) is 25.1 Å². The molecule has 29 heavy (non-hydrogen) atoms. The summed E-state index contributed by atoms with van der Waals surface area (Å²) in [6.45, 7) is 2.80. The van der Waals surface area contributed by atoms with Gasteiger partial charge in [-0.15, -0.1) is 0 Å². The lowest BCUT2D eigenvalue weighted by Gasteiger charge is -2.60. The molecule has 162 valence electrons. The van der Waals surface area contributed by atoms with Crippen LogP contribution < -0.4 is 14.2 Å². The lowest BCUT2D eigenvalue weighted by Crippen LogP contribution is -2.65. The van der Waals surface area contributed by atoms with Gasteiger partial charge in [-0.05, 0) is 43.9 Å². The summed E-state index contributed by atoms with van der Waals surface area (Å²) in [4.78, 5) is 15.1. The van der Waals surface area contributed by atoms with E-state index in [2.05, 4.69) is 6.92 Å². The molecule has 0 saturated heterocycles. The normalized spacial score (nSPS) is 22.7. The average molecular weight is 406 g/mol. The fraction of sp³-hybridized carbons (Fsp3) is 0.696. The zero-order valence-corrected chi connectivity index (χ0v) is 18.5. The van der Waals surface area contributed by atoms with E-state index in [0.717, 1.165) is 31.4 Å². The SMILES string of the molecule is CCO[C@H]1C[C@H](N(C)C(=O)Cc2cc(OC)c(OC)c(OC)c2)C12CCCCC2.